The fraction of sp³-hybridized carbons (Fsp3) is 0.421. The molecule has 0 unspecified atom stereocenters. The molecule has 0 fully saturated rings. The Bertz CT molecular complexity index is 694. The quantitative estimate of drug-likeness (QED) is 0.430. The van der Waals surface area contributed by atoms with Gasteiger partial charge in [-0.05, 0) is 51.1 Å². The zero-order chi connectivity index (χ0) is 18.2. The van der Waals surface area contributed by atoms with E-state index < -0.39 is 0 Å². The summed E-state index contributed by atoms with van der Waals surface area (Å²) >= 11 is 3.30. The zero-order valence-electron chi connectivity index (χ0n) is 15.3. The molecule has 6 heteroatoms. The third kappa shape index (κ3) is 6.36. The molecule has 2 aromatic rings. The molecule has 2 rings (SSSR count). The highest BCUT2D eigenvalue weighted by atomic mass is 32.2. The van der Waals surface area contributed by atoms with Crippen LogP contribution in [0.15, 0.2) is 34.3 Å². The third-order valence-corrected chi connectivity index (χ3v) is 5.46. The predicted molar refractivity (Wildman–Crippen MR) is 107 cm³/mol. The Hall–Kier alpha value is -1.53. The second-order valence-corrected chi connectivity index (χ2v) is 7.81. The zero-order valence-corrected chi connectivity index (χ0v) is 16.9. The summed E-state index contributed by atoms with van der Waals surface area (Å²) in [7, 11) is 0. The average Bonchev–Trinajstić information content (AvgIpc) is 2.59. The Balaban J connectivity index is 1.73. The Labute approximate surface area is 158 Å². The van der Waals surface area contributed by atoms with Crippen LogP contribution in [0, 0.1) is 20.8 Å². The second kappa shape index (κ2) is 9.82. The van der Waals surface area contributed by atoms with E-state index in [4.69, 9.17) is 0 Å². The molecule has 0 aliphatic heterocycles. The standard InChI is InChI=1S/C19H25N3OS2/c1-13-5-7-16(8-6-13)25-12-11-20-18(23)10-9-17-14(2)21-19(24-4)22-15(17)3/h5-8H,9-12H2,1-4H3,(H,20,23). The molecular formula is C19H25N3OS2. The van der Waals surface area contributed by atoms with Gasteiger partial charge in [0.05, 0.1) is 0 Å². The van der Waals surface area contributed by atoms with E-state index in [0.29, 0.717) is 19.4 Å². The van der Waals surface area contributed by atoms with E-state index in [2.05, 4.69) is 46.5 Å². The molecule has 0 bridgehead atoms. The van der Waals surface area contributed by atoms with Gasteiger partial charge >= 0.3 is 0 Å². The SMILES string of the molecule is CSc1nc(C)c(CCC(=O)NCCSc2ccc(C)cc2)c(C)n1. The van der Waals surface area contributed by atoms with Crippen LogP contribution in [0.3, 0.4) is 0 Å². The Morgan fingerprint density at radius 2 is 1.72 bits per heavy atom. The van der Waals surface area contributed by atoms with Crippen molar-refractivity contribution in [2.45, 2.75) is 43.7 Å². The first kappa shape index (κ1) is 19.8. The number of thioether (sulfide) groups is 2. The number of carbonyl (C=O) groups is 1. The molecule has 1 aromatic carbocycles. The number of hydrogen-bond acceptors (Lipinski definition) is 5. The number of amides is 1. The summed E-state index contributed by atoms with van der Waals surface area (Å²) in [5, 5.41) is 3.78. The fourth-order valence-corrected chi connectivity index (χ4v) is 3.71. The van der Waals surface area contributed by atoms with Crippen LogP contribution in [-0.4, -0.2) is 34.4 Å². The van der Waals surface area contributed by atoms with Crippen molar-refractivity contribution >= 4 is 29.4 Å². The smallest absolute Gasteiger partial charge is 0.220 e. The van der Waals surface area contributed by atoms with Crippen molar-refractivity contribution in [1.29, 1.82) is 0 Å². The highest BCUT2D eigenvalue weighted by molar-refractivity contribution is 7.99. The number of nitrogens with one attached hydrogen (secondary N) is 1. The number of carbonyl (C=O) groups excluding carboxylic acids is 1. The van der Waals surface area contributed by atoms with Gasteiger partial charge in [0.15, 0.2) is 5.16 Å². The third-order valence-electron chi connectivity index (χ3n) is 3.90. The van der Waals surface area contributed by atoms with Crippen molar-refractivity contribution in [1.82, 2.24) is 15.3 Å². The lowest BCUT2D eigenvalue weighted by Crippen LogP contribution is -2.26. The summed E-state index contributed by atoms with van der Waals surface area (Å²) in [4.78, 5) is 22.2. The molecule has 4 nitrogen and oxygen atoms in total. The molecule has 0 saturated heterocycles. The Morgan fingerprint density at radius 1 is 1.08 bits per heavy atom. The molecule has 134 valence electrons. The first-order valence-corrected chi connectivity index (χ1v) is 10.5. The van der Waals surface area contributed by atoms with Crippen LogP contribution >= 0.6 is 23.5 Å². The normalized spacial score (nSPS) is 10.7. The van der Waals surface area contributed by atoms with Gasteiger partial charge < -0.3 is 5.32 Å². The van der Waals surface area contributed by atoms with E-state index in [0.717, 1.165) is 27.9 Å². The van der Waals surface area contributed by atoms with Crippen molar-refractivity contribution in [2.24, 2.45) is 0 Å². The van der Waals surface area contributed by atoms with Crippen molar-refractivity contribution in [3.05, 3.63) is 46.8 Å². The maximum atomic E-state index is 12.1. The van der Waals surface area contributed by atoms with Gasteiger partial charge in [-0.15, -0.1) is 11.8 Å². The van der Waals surface area contributed by atoms with E-state index in [9.17, 15) is 4.79 Å². The summed E-state index contributed by atoms with van der Waals surface area (Å²) < 4.78 is 0. The van der Waals surface area contributed by atoms with Crippen LogP contribution < -0.4 is 5.32 Å². The molecule has 25 heavy (non-hydrogen) atoms. The van der Waals surface area contributed by atoms with Gasteiger partial charge in [0.2, 0.25) is 5.91 Å². The van der Waals surface area contributed by atoms with Crippen molar-refractivity contribution in [3.63, 3.8) is 0 Å². The van der Waals surface area contributed by atoms with Gasteiger partial charge in [0, 0.05) is 35.0 Å². The van der Waals surface area contributed by atoms with Crippen LogP contribution in [0.4, 0.5) is 0 Å². The van der Waals surface area contributed by atoms with E-state index in [1.165, 1.54) is 22.2 Å². The first-order valence-electron chi connectivity index (χ1n) is 8.34. The van der Waals surface area contributed by atoms with Crippen molar-refractivity contribution < 1.29 is 4.79 Å². The van der Waals surface area contributed by atoms with E-state index in [-0.39, 0.29) is 5.91 Å². The van der Waals surface area contributed by atoms with E-state index in [1.54, 1.807) is 11.8 Å². The maximum Gasteiger partial charge on any atom is 0.220 e. The minimum Gasteiger partial charge on any atom is -0.355 e. The first-order chi connectivity index (χ1) is 12.0. The molecule has 0 aliphatic rings. The molecule has 1 N–H and O–H groups in total. The highest BCUT2D eigenvalue weighted by Crippen LogP contribution is 2.18. The minimum atomic E-state index is 0.0808. The van der Waals surface area contributed by atoms with E-state index >= 15 is 0 Å². The van der Waals surface area contributed by atoms with Crippen LogP contribution in [0.5, 0.6) is 0 Å². The summed E-state index contributed by atoms with van der Waals surface area (Å²) in [6.07, 6.45) is 3.12. The van der Waals surface area contributed by atoms with Gasteiger partial charge in [0.1, 0.15) is 0 Å². The Kier molecular flexibility index (Phi) is 7.78. The number of rotatable bonds is 8. The van der Waals surface area contributed by atoms with Gasteiger partial charge in [-0.2, -0.15) is 0 Å². The van der Waals surface area contributed by atoms with Crippen LogP contribution in [0.25, 0.3) is 0 Å². The second-order valence-electron chi connectivity index (χ2n) is 5.87. The number of hydrogen-bond donors (Lipinski definition) is 1. The summed E-state index contributed by atoms with van der Waals surface area (Å²) in [6, 6.07) is 8.45. The van der Waals surface area contributed by atoms with Gasteiger partial charge in [0.25, 0.3) is 0 Å². The fourth-order valence-electron chi connectivity index (χ4n) is 2.48. The lowest BCUT2D eigenvalue weighted by atomic mass is 10.1. The molecule has 1 heterocycles. The number of nitrogens with zero attached hydrogens (tertiary/aromatic N) is 2. The lowest BCUT2D eigenvalue weighted by Gasteiger charge is -2.10. The number of benzene rings is 1. The van der Waals surface area contributed by atoms with Crippen molar-refractivity contribution in [2.75, 3.05) is 18.6 Å². The minimum absolute atomic E-state index is 0.0808. The lowest BCUT2D eigenvalue weighted by molar-refractivity contribution is -0.120. The van der Waals surface area contributed by atoms with Gasteiger partial charge in [-0.25, -0.2) is 9.97 Å². The van der Waals surface area contributed by atoms with Gasteiger partial charge in [-0.3, -0.25) is 4.79 Å². The number of aromatic nitrogens is 2. The average molecular weight is 376 g/mol. The largest absolute Gasteiger partial charge is 0.355 e. The molecule has 0 saturated carbocycles. The summed E-state index contributed by atoms with van der Waals surface area (Å²) in [5.74, 6) is 0.954. The Morgan fingerprint density at radius 3 is 2.32 bits per heavy atom. The monoisotopic (exact) mass is 375 g/mol. The van der Waals surface area contributed by atoms with Gasteiger partial charge in [-0.1, -0.05) is 29.5 Å². The maximum absolute atomic E-state index is 12.1. The molecule has 0 aliphatic carbocycles. The summed E-state index contributed by atoms with van der Waals surface area (Å²) in [5.41, 5.74) is 4.29. The van der Waals surface area contributed by atoms with Crippen LogP contribution in [-0.2, 0) is 11.2 Å². The molecule has 0 atom stereocenters. The molecule has 0 radical (unpaired) electrons. The number of aryl methyl sites for hydroxylation is 3. The van der Waals surface area contributed by atoms with Crippen LogP contribution in [0.1, 0.15) is 28.9 Å². The molecule has 0 spiro atoms. The molecular weight excluding hydrogens is 350 g/mol. The highest BCUT2D eigenvalue weighted by Gasteiger charge is 2.10. The summed E-state index contributed by atoms with van der Waals surface area (Å²) in [6.45, 7) is 6.73. The molecule has 1 amide bonds. The van der Waals surface area contributed by atoms with Crippen molar-refractivity contribution in [3.8, 4) is 0 Å². The molecule has 1 aromatic heterocycles. The van der Waals surface area contributed by atoms with Crippen LogP contribution in [0.2, 0.25) is 0 Å². The van der Waals surface area contributed by atoms with E-state index in [1.807, 2.05) is 20.1 Å². The topological polar surface area (TPSA) is 54.9 Å². The predicted octanol–water partition coefficient (Wildman–Crippen LogP) is 3.96.